The predicted octanol–water partition coefficient (Wildman–Crippen LogP) is 2.51. The molecule has 3 rings (SSSR count). The van der Waals surface area contributed by atoms with E-state index in [1.165, 1.54) is 17.7 Å². The summed E-state index contributed by atoms with van der Waals surface area (Å²) in [6.07, 6.45) is 0. The summed E-state index contributed by atoms with van der Waals surface area (Å²) in [5, 5.41) is 3.65. The van der Waals surface area contributed by atoms with Crippen LogP contribution in [0.5, 0.6) is 0 Å². The number of anilines is 1. The van der Waals surface area contributed by atoms with E-state index in [0.29, 0.717) is 25.8 Å². The number of carbonyl (C=O) groups excluding carboxylic acids is 1. The number of carbonyl (C=O) groups is 1. The van der Waals surface area contributed by atoms with Crippen LogP contribution < -0.4 is 16.6 Å². The molecule has 1 aromatic carbocycles. The number of nitrogens with zero attached hydrogens (tertiary/aromatic N) is 2. The molecule has 3 aromatic rings. The fourth-order valence-corrected chi connectivity index (χ4v) is 3.52. The van der Waals surface area contributed by atoms with Gasteiger partial charge in [-0.15, -0.1) is 11.3 Å². The van der Waals surface area contributed by atoms with E-state index in [4.69, 9.17) is 11.6 Å². The Morgan fingerprint density at radius 1 is 1.17 bits per heavy atom. The molecule has 0 saturated carbocycles. The Labute approximate surface area is 145 Å². The molecule has 0 fully saturated rings. The van der Waals surface area contributed by atoms with Gasteiger partial charge in [0.05, 0.1) is 10.3 Å². The highest BCUT2D eigenvalue weighted by atomic mass is 35.5. The van der Waals surface area contributed by atoms with E-state index in [1.54, 1.807) is 19.2 Å². The van der Waals surface area contributed by atoms with Gasteiger partial charge in [0.25, 0.3) is 11.5 Å². The van der Waals surface area contributed by atoms with Crippen molar-refractivity contribution in [2.24, 2.45) is 14.1 Å². The van der Waals surface area contributed by atoms with Crippen LogP contribution in [-0.4, -0.2) is 15.0 Å². The Balaban J connectivity index is 2.03. The molecule has 0 radical (unpaired) electrons. The summed E-state index contributed by atoms with van der Waals surface area (Å²) in [6.45, 7) is 1.87. The molecule has 8 heteroatoms. The second kappa shape index (κ2) is 5.92. The molecule has 0 saturated heterocycles. The van der Waals surface area contributed by atoms with Gasteiger partial charge >= 0.3 is 5.69 Å². The van der Waals surface area contributed by atoms with E-state index in [0.717, 1.165) is 21.5 Å². The molecule has 0 atom stereocenters. The Kier molecular flexibility index (Phi) is 4.06. The van der Waals surface area contributed by atoms with E-state index < -0.39 is 11.2 Å². The summed E-state index contributed by atoms with van der Waals surface area (Å²) < 4.78 is 2.39. The molecule has 2 aromatic heterocycles. The lowest BCUT2D eigenvalue weighted by Gasteiger charge is -2.05. The average Bonchev–Trinajstić information content (AvgIpc) is 3.00. The quantitative estimate of drug-likeness (QED) is 0.760. The number of fused-ring (bicyclic) bond motifs is 1. The maximum absolute atomic E-state index is 12.4. The largest absolute Gasteiger partial charge is 0.331 e. The van der Waals surface area contributed by atoms with E-state index in [9.17, 15) is 14.4 Å². The molecule has 6 nitrogen and oxygen atoms in total. The van der Waals surface area contributed by atoms with Crippen molar-refractivity contribution in [1.29, 1.82) is 0 Å². The molecule has 0 aliphatic rings. The zero-order chi connectivity index (χ0) is 17.6. The zero-order valence-electron chi connectivity index (χ0n) is 13.2. The van der Waals surface area contributed by atoms with E-state index in [2.05, 4.69) is 5.32 Å². The van der Waals surface area contributed by atoms with Crippen molar-refractivity contribution in [2.45, 2.75) is 6.92 Å². The van der Waals surface area contributed by atoms with E-state index in [1.807, 2.05) is 13.0 Å². The summed E-state index contributed by atoms with van der Waals surface area (Å²) in [5.74, 6) is -0.356. The first-order chi connectivity index (χ1) is 11.3. The number of nitrogens with one attached hydrogen (secondary N) is 1. The number of halogens is 1. The van der Waals surface area contributed by atoms with Gasteiger partial charge in [0.2, 0.25) is 0 Å². The summed E-state index contributed by atoms with van der Waals surface area (Å²) >= 11 is 7.15. The number of thiophene rings is 1. The standard InChI is InChI=1S/C16H14ClN3O3S/c1-8-4-5-9(6-11(8)17)18-13(21)12-7-10-14(22)19(2)16(23)20(3)15(10)24-12/h4-7H,1-3H3,(H,18,21). The lowest BCUT2D eigenvalue weighted by Crippen LogP contribution is -2.36. The van der Waals surface area contributed by atoms with Crippen LogP contribution in [0.4, 0.5) is 5.69 Å². The number of aromatic nitrogens is 2. The summed E-state index contributed by atoms with van der Waals surface area (Å²) in [4.78, 5) is 37.4. The van der Waals surface area contributed by atoms with Crippen molar-refractivity contribution >= 4 is 44.7 Å². The Morgan fingerprint density at radius 3 is 2.54 bits per heavy atom. The van der Waals surface area contributed by atoms with Gasteiger partial charge < -0.3 is 5.32 Å². The number of benzene rings is 1. The normalized spacial score (nSPS) is 11.0. The van der Waals surface area contributed by atoms with Crippen LogP contribution in [0.2, 0.25) is 5.02 Å². The van der Waals surface area contributed by atoms with E-state index in [-0.39, 0.29) is 5.91 Å². The fraction of sp³-hybridized carbons (Fsp3) is 0.188. The highest BCUT2D eigenvalue weighted by Gasteiger charge is 2.16. The maximum Gasteiger partial charge on any atom is 0.331 e. The van der Waals surface area contributed by atoms with Gasteiger partial charge in [0.15, 0.2) is 0 Å². The molecule has 124 valence electrons. The molecule has 0 spiro atoms. The molecule has 24 heavy (non-hydrogen) atoms. The van der Waals surface area contributed by atoms with Gasteiger partial charge in [-0.25, -0.2) is 4.79 Å². The minimum absolute atomic E-state index is 0.344. The fourth-order valence-electron chi connectivity index (χ4n) is 2.34. The molecular formula is C16H14ClN3O3S. The first kappa shape index (κ1) is 16.5. The lowest BCUT2D eigenvalue weighted by atomic mass is 10.2. The van der Waals surface area contributed by atoms with Gasteiger partial charge in [0.1, 0.15) is 4.83 Å². The second-order valence-electron chi connectivity index (χ2n) is 5.45. The van der Waals surface area contributed by atoms with Crippen LogP contribution in [0, 0.1) is 6.92 Å². The average molecular weight is 364 g/mol. The van der Waals surface area contributed by atoms with Crippen molar-refractivity contribution in [3.8, 4) is 0 Å². The molecular weight excluding hydrogens is 350 g/mol. The number of hydrogen-bond donors (Lipinski definition) is 1. The molecule has 0 aliphatic heterocycles. The number of amides is 1. The Morgan fingerprint density at radius 2 is 1.88 bits per heavy atom. The minimum atomic E-state index is -0.424. The second-order valence-corrected chi connectivity index (χ2v) is 6.89. The highest BCUT2D eigenvalue weighted by Crippen LogP contribution is 2.24. The number of hydrogen-bond acceptors (Lipinski definition) is 4. The van der Waals surface area contributed by atoms with Crippen LogP contribution in [-0.2, 0) is 14.1 Å². The number of aryl methyl sites for hydroxylation is 2. The third kappa shape index (κ3) is 2.65. The first-order valence-electron chi connectivity index (χ1n) is 7.06. The Hall–Kier alpha value is -2.38. The minimum Gasteiger partial charge on any atom is -0.321 e. The van der Waals surface area contributed by atoms with Crippen LogP contribution >= 0.6 is 22.9 Å². The number of rotatable bonds is 2. The summed E-state index contributed by atoms with van der Waals surface area (Å²) in [6, 6.07) is 6.73. The highest BCUT2D eigenvalue weighted by molar-refractivity contribution is 7.20. The lowest BCUT2D eigenvalue weighted by molar-refractivity contribution is 0.103. The molecule has 0 bridgehead atoms. The van der Waals surface area contributed by atoms with Crippen molar-refractivity contribution in [3.05, 3.63) is 60.6 Å². The van der Waals surface area contributed by atoms with Gasteiger partial charge in [-0.1, -0.05) is 17.7 Å². The molecule has 1 N–H and O–H groups in total. The third-order valence-corrected chi connectivity index (χ3v) is 5.40. The van der Waals surface area contributed by atoms with Gasteiger partial charge in [-0.2, -0.15) is 0 Å². The molecule has 2 heterocycles. The Bertz CT molecular complexity index is 1090. The van der Waals surface area contributed by atoms with Crippen LogP contribution in [0.15, 0.2) is 33.9 Å². The topological polar surface area (TPSA) is 73.1 Å². The third-order valence-electron chi connectivity index (χ3n) is 3.78. The predicted molar refractivity (Wildman–Crippen MR) is 96.4 cm³/mol. The van der Waals surface area contributed by atoms with Crippen LogP contribution in [0.1, 0.15) is 15.2 Å². The van der Waals surface area contributed by atoms with Crippen LogP contribution in [0.25, 0.3) is 10.2 Å². The first-order valence-corrected chi connectivity index (χ1v) is 8.26. The maximum atomic E-state index is 12.4. The van der Waals surface area contributed by atoms with Crippen molar-refractivity contribution in [1.82, 2.24) is 9.13 Å². The molecule has 0 unspecified atom stereocenters. The SMILES string of the molecule is Cc1ccc(NC(=O)c2cc3c(=O)n(C)c(=O)n(C)c3s2)cc1Cl. The monoisotopic (exact) mass is 363 g/mol. The van der Waals surface area contributed by atoms with Gasteiger partial charge in [-0.05, 0) is 30.7 Å². The van der Waals surface area contributed by atoms with Gasteiger partial charge in [0, 0.05) is 24.8 Å². The zero-order valence-corrected chi connectivity index (χ0v) is 14.8. The van der Waals surface area contributed by atoms with Crippen molar-refractivity contribution in [3.63, 3.8) is 0 Å². The molecule has 1 amide bonds. The summed E-state index contributed by atoms with van der Waals surface area (Å²) in [7, 11) is 2.98. The van der Waals surface area contributed by atoms with Crippen LogP contribution in [0.3, 0.4) is 0 Å². The van der Waals surface area contributed by atoms with Crippen molar-refractivity contribution in [2.75, 3.05) is 5.32 Å². The van der Waals surface area contributed by atoms with Crippen molar-refractivity contribution < 1.29 is 4.79 Å². The molecule has 0 aliphatic carbocycles. The summed E-state index contributed by atoms with van der Waals surface area (Å²) in [5.41, 5.74) is 0.637. The van der Waals surface area contributed by atoms with E-state index >= 15 is 0 Å². The smallest absolute Gasteiger partial charge is 0.321 e. The van der Waals surface area contributed by atoms with Gasteiger partial charge in [-0.3, -0.25) is 18.7 Å².